The molecular formula is C13H28O7. The van der Waals surface area contributed by atoms with E-state index in [0.29, 0.717) is 39.1 Å². The quantitative estimate of drug-likeness (QED) is 0.284. The van der Waals surface area contributed by atoms with Gasteiger partial charge >= 0.3 is 0 Å². The lowest BCUT2D eigenvalue weighted by Gasteiger charge is -2.31. The molecule has 0 aliphatic heterocycles. The number of ether oxygens (including phenoxy) is 3. The van der Waals surface area contributed by atoms with Gasteiger partial charge in [0.1, 0.15) is 5.60 Å². The highest BCUT2D eigenvalue weighted by molar-refractivity contribution is 4.80. The minimum absolute atomic E-state index is 0.0122. The summed E-state index contributed by atoms with van der Waals surface area (Å²) < 4.78 is 16.4. The molecule has 0 aromatic heterocycles. The Labute approximate surface area is 120 Å². The van der Waals surface area contributed by atoms with E-state index in [1.807, 2.05) is 0 Å². The van der Waals surface area contributed by atoms with Gasteiger partial charge in [0, 0.05) is 39.6 Å². The standard InChI is InChI=1S/C13H28O7/c14-4-1-7-18-11-13(10-17,20-9-3-6-16)12-19-8-2-5-15/h14-17H,1-12H2. The fourth-order valence-electron chi connectivity index (χ4n) is 1.46. The summed E-state index contributed by atoms with van der Waals surface area (Å²) in [6.07, 6.45) is 1.50. The van der Waals surface area contributed by atoms with Crippen molar-refractivity contribution in [3.8, 4) is 0 Å². The van der Waals surface area contributed by atoms with E-state index in [4.69, 9.17) is 29.5 Å². The van der Waals surface area contributed by atoms with Gasteiger partial charge in [-0.2, -0.15) is 0 Å². The van der Waals surface area contributed by atoms with Gasteiger partial charge in [-0.25, -0.2) is 0 Å². The third-order valence-electron chi connectivity index (χ3n) is 2.62. The lowest BCUT2D eigenvalue weighted by molar-refractivity contribution is -0.158. The van der Waals surface area contributed by atoms with Gasteiger partial charge in [0.25, 0.3) is 0 Å². The largest absolute Gasteiger partial charge is 0.396 e. The monoisotopic (exact) mass is 296 g/mol. The molecule has 0 amide bonds. The molecule has 7 heteroatoms. The second kappa shape index (κ2) is 13.7. The third kappa shape index (κ3) is 9.60. The first-order valence-corrected chi connectivity index (χ1v) is 6.97. The zero-order valence-electron chi connectivity index (χ0n) is 12.0. The molecule has 7 nitrogen and oxygen atoms in total. The van der Waals surface area contributed by atoms with Gasteiger partial charge in [-0.15, -0.1) is 0 Å². The van der Waals surface area contributed by atoms with Crippen LogP contribution < -0.4 is 0 Å². The van der Waals surface area contributed by atoms with Crippen LogP contribution in [0.4, 0.5) is 0 Å². The van der Waals surface area contributed by atoms with Crippen LogP contribution in [0.2, 0.25) is 0 Å². The first kappa shape index (κ1) is 19.7. The van der Waals surface area contributed by atoms with Crippen LogP contribution in [0.15, 0.2) is 0 Å². The summed E-state index contributed by atoms with van der Waals surface area (Å²) in [6.45, 7) is 1.17. The minimum atomic E-state index is -0.972. The molecule has 0 aromatic carbocycles. The highest BCUT2D eigenvalue weighted by atomic mass is 16.6. The average molecular weight is 296 g/mol. The molecular weight excluding hydrogens is 268 g/mol. The highest BCUT2D eigenvalue weighted by Crippen LogP contribution is 2.13. The summed E-state index contributed by atoms with van der Waals surface area (Å²) in [5.41, 5.74) is -0.972. The normalized spacial score (nSPS) is 12.0. The van der Waals surface area contributed by atoms with E-state index >= 15 is 0 Å². The molecule has 0 aliphatic rings. The van der Waals surface area contributed by atoms with Crippen molar-refractivity contribution in [1.82, 2.24) is 0 Å². The molecule has 0 heterocycles. The van der Waals surface area contributed by atoms with Crippen LogP contribution in [0.5, 0.6) is 0 Å². The van der Waals surface area contributed by atoms with Crippen molar-refractivity contribution in [2.45, 2.75) is 24.9 Å². The molecule has 0 aromatic rings. The maximum absolute atomic E-state index is 9.54. The van der Waals surface area contributed by atoms with E-state index < -0.39 is 5.60 Å². The fourth-order valence-corrected chi connectivity index (χ4v) is 1.46. The Bertz CT molecular complexity index is 189. The summed E-state index contributed by atoms with van der Waals surface area (Å²) in [5.74, 6) is 0. The fraction of sp³-hybridized carbons (Fsp3) is 1.00. The van der Waals surface area contributed by atoms with Crippen LogP contribution in [0, 0.1) is 0 Å². The van der Waals surface area contributed by atoms with Crippen molar-refractivity contribution < 1.29 is 34.6 Å². The molecule has 0 aliphatic carbocycles. The van der Waals surface area contributed by atoms with Gasteiger partial charge < -0.3 is 34.6 Å². The van der Waals surface area contributed by atoms with Crippen LogP contribution in [-0.2, 0) is 14.2 Å². The third-order valence-corrected chi connectivity index (χ3v) is 2.62. The van der Waals surface area contributed by atoms with Crippen molar-refractivity contribution in [2.24, 2.45) is 0 Å². The summed E-state index contributed by atoms with van der Waals surface area (Å²) in [6, 6.07) is 0. The maximum atomic E-state index is 9.54. The van der Waals surface area contributed by atoms with Crippen LogP contribution in [-0.4, -0.2) is 85.5 Å². The van der Waals surface area contributed by atoms with E-state index in [1.54, 1.807) is 0 Å². The molecule has 0 saturated carbocycles. The number of aliphatic hydroxyl groups excluding tert-OH is 4. The molecule has 0 unspecified atom stereocenters. The van der Waals surface area contributed by atoms with Gasteiger partial charge in [0.15, 0.2) is 0 Å². The van der Waals surface area contributed by atoms with Crippen molar-refractivity contribution in [2.75, 3.05) is 59.5 Å². The topological polar surface area (TPSA) is 109 Å². The molecule has 0 bridgehead atoms. The molecule has 0 spiro atoms. The maximum Gasteiger partial charge on any atom is 0.137 e. The summed E-state index contributed by atoms with van der Waals surface area (Å²) in [5, 5.41) is 35.7. The molecule has 0 rings (SSSR count). The van der Waals surface area contributed by atoms with Crippen molar-refractivity contribution >= 4 is 0 Å². The number of hydrogen-bond acceptors (Lipinski definition) is 7. The number of hydrogen-bond donors (Lipinski definition) is 4. The summed E-state index contributed by atoms with van der Waals surface area (Å²) in [7, 11) is 0. The van der Waals surface area contributed by atoms with E-state index in [2.05, 4.69) is 0 Å². The highest BCUT2D eigenvalue weighted by Gasteiger charge is 2.31. The molecule has 4 N–H and O–H groups in total. The second-order valence-electron chi connectivity index (χ2n) is 4.53. The molecule has 122 valence electrons. The Morgan fingerprint density at radius 3 is 1.50 bits per heavy atom. The van der Waals surface area contributed by atoms with Crippen LogP contribution in [0.3, 0.4) is 0 Å². The lowest BCUT2D eigenvalue weighted by atomic mass is 10.1. The van der Waals surface area contributed by atoms with Crippen LogP contribution >= 0.6 is 0 Å². The molecule has 20 heavy (non-hydrogen) atoms. The van der Waals surface area contributed by atoms with Crippen molar-refractivity contribution in [3.63, 3.8) is 0 Å². The Balaban J connectivity index is 4.20. The molecule has 0 radical (unpaired) electrons. The van der Waals surface area contributed by atoms with Gasteiger partial charge in [-0.1, -0.05) is 0 Å². The number of rotatable bonds is 15. The first-order valence-electron chi connectivity index (χ1n) is 6.97. The Morgan fingerprint density at radius 2 is 1.10 bits per heavy atom. The van der Waals surface area contributed by atoms with Gasteiger partial charge in [0.05, 0.1) is 19.8 Å². The van der Waals surface area contributed by atoms with Crippen LogP contribution in [0.25, 0.3) is 0 Å². The predicted molar refractivity (Wildman–Crippen MR) is 72.5 cm³/mol. The SMILES string of the molecule is OCCCOCC(CO)(COCCCO)OCCCO. The zero-order chi connectivity index (χ0) is 15.1. The van der Waals surface area contributed by atoms with E-state index in [9.17, 15) is 5.11 Å². The van der Waals surface area contributed by atoms with E-state index in [0.717, 1.165) is 0 Å². The predicted octanol–water partition coefficient (Wildman–Crippen LogP) is -1.09. The van der Waals surface area contributed by atoms with Gasteiger partial charge in [-0.3, -0.25) is 0 Å². The smallest absolute Gasteiger partial charge is 0.137 e. The summed E-state index contributed by atoms with van der Waals surface area (Å²) >= 11 is 0. The molecule has 0 fully saturated rings. The molecule has 0 atom stereocenters. The summed E-state index contributed by atoms with van der Waals surface area (Å²) in [4.78, 5) is 0. The lowest BCUT2D eigenvalue weighted by Crippen LogP contribution is -2.47. The Hall–Kier alpha value is -0.280. The van der Waals surface area contributed by atoms with E-state index in [1.165, 1.54) is 0 Å². The first-order chi connectivity index (χ1) is 9.74. The van der Waals surface area contributed by atoms with E-state index in [-0.39, 0.29) is 39.6 Å². The number of aliphatic hydroxyl groups is 4. The Kier molecular flexibility index (Phi) is 13.5. The molecule has 0 saturated heterocycles. The van der Waals surface area contributed by atoms with Crippen molar-refractivity contribution in [3.05, 3.63) is 0 Å². The minimum Gasteiger partial charge on any atom is -0.396 e. The second-order valence-corrected chi connectivity index (χ2v) is 4.53. The van der Waals surface area contributed by atoms with Gasteiger partial charge in [0.2, 0.25) is 0 Å². The van der Waals surface area contributed by atoms with Crippen molar-refractivity contribution in [1.29, 1.82) is 0 Å². The average Bonchev–Trinajstić information content (AvgIpc) is 2.47. The van der Waals surface area contributed by atoms with Gasteiger partial charge in [-0.05, 0) is 19.3 Å². The van der Waals surface area contributed by atoms with Crippen LogP contribution in [0.1, 0.15) is 19.3 Å². The zero-order valence-corrected chi connectivity index (χ0v) is 12.0. The Morgan fingerprint density at radius 1 is 0.650 bits per heavy atom.